The Morgan fingerprint density at radius 2 is 1.95 bits per heavy atom. The van der Waals surface area contributed by atoms with Crippen LogP contribution in [0.15, 0.2) is 41.8 Å². The van der Waals surface area contributed by atoms with Crippen LogP contribution in [0.1, 0.15) is 30.3 Å². The second kappa shape index (κ2) is 7.22. The number of amides is 2. The average Bonchev–Trinajstić information content (AvgIpc) is 2.97. The maximum absolute atomic E-state index is 13.1. The summed E-state index contributed by atoms with van der Waals surface area (Å²) in [6.45, 7) is 4.69. The van der Waals surface area contributed by atoms with Crippen molar-refractivity contribution in [2.75, 3.05) is 6.54 Å². The minimum absolute atomic E-state index is 0.216. The van der Waals surface area contributed by atoms with Gasteiger partial charge >= 0.3 is 6.03 Å². The van der Waals surface area contributed by atoms with E-state index in [2.05, 4.69) is 10.6 Å². The van der Waals surface area contributed by atoms with E-state index in [0.717, 1.165) is 10.4 Å². The summed E-state index contributed by atoms with van der Waals surface area (Å²) in [5, 5.41) is 7.74. The number of thiophene rings is 1. The third-order valence-corrected chi connectivity index (χ3v) is 3.91. The molecule has 0 aliphatic heterocycles. The highest BCUT2D eigenvalue weighted by atomic mass is 32.1. The Bertz CT molecular complexity index is 566. The molecule has 0 fully saturated rings. The first-order chi connectivity index (χ1) is 10.1. The minimum atomic E-state index is -0.284. The Morgan fingerprint density at radius 3 is 2.52 bits per heavy atom. The van der Waals surface area contributed by atoms with E-state index in [1.807, 2.05) is 31.4 Å². The molecule has 0 aliphatic carbocycles. The molecule has 0 saturated carbocycles. The molecule has 1 heterocycles. The van der Waals surface area contributed by atoms with Crippen molar-refractivity contribution in [1.82, 2.24) is 10.6 Å². The van der Waals surface area contributed by atoms with Gasteiger partial charge in [-0.05, 0) is 35.1 Å². The van der Waals surface area contributed by atoms with Crippen molar-refractivity contribution in [3.8, 4) is 0 Å². The fourth-order valence-corrected chi connectivity index (χ4v) is 2.71. The van der Waals surface area contributed by atoms with Crippen molar-refractivity contribution in [1.29, 1.82) is 0 Å². The van der Waals surface area contributed by atoms with Crippen molar-refractivity contribution in [2.45, 2.75) is 19.9 Å². The van der Waals surface area contributed by atoms with E-state index in [0.29, 0.717) is 12.5 Å². The molecule has 5 heteroatoms. The fraction of sp³-hybridized carbons (Fsp3) is 0.312. The first-order valence-electron chi connectivity index (χ1n) is 6.89. The standard InChI is InChI=1S/C16H19FN2OS/c1-11(2)10-18-16(20)19-15(14-4-3-9-21-14)12-5-7-13(17)8-6-12/h3-9,11,15H,10H2,1-2H3,(H2,18,19,20)/t15-/m0/s1. The highest BCUT2D eigenvalue weighted by Crippen LogP contribution is 2.26. The lowest BCUT2D eigenvalue weighted by Crippen LogP contribution is -2.39. The largest absolute Gasteiger partial charge is 0.338 e. The maximum Gasteiger partial charge on any atom is 0.315 e. The Kier molecular flexibility index (Phi) is 5.33. The van der Waals surface area contributed by atoms with Gasteiger partial charge in [0.25, 0.3) is 0 Å². The number of benzene rings is 1. The number of hydrogen-bond acceptors (Lipinski definition) is 2. The zero-order valence-corrected chi connectivity index (χ0v) is 12.9. The minimum Gasteiger partial charge on any atom is -0.338 e. The van der Waals surface area contributed by atoms with Crippen LogP contribution in [-0.4, -0.2) is 12.6 Å². The van der Waals surface area contributed by atoms with Gasteiger partial charge in [0.05, 0.1) is 6.04 Å². The van der Waals surface area contributed by atoms with E-state index < -0.39 is 0 Å². The normalized spacial score (nSPS) is 12.2. The molecule has 0 aliphatic rings. The number of hydrogen-bond donors (Lipinski definition) is 2. The summed E-state index contributed by atoms with van der Waals surface area (Å²) >= 11 is 1.56. The molecule has 0 bridgehead atoms. The van der Waals surface area contributed by atoms with Gasteiger partial charge in [-0.3, -0.25) is 0 Å². The predicted octanol–water partition coefficient (Wildman–Crippen LogP) is 3.93. The smallest absolute Gasteiger partial charge is 0.315 e. The highest BCUT2D eigenvalue weighted by molar-refractivity contribution is 7.10. The van der Waals surface area contributed by atoms with Crippen LogP contribution in [0.5, 0.6) is 0 Å². The monoisotopic (exact) mass is 306 g/mol. The van der Waals surface area contributed by atoms with Gasteiger partial charge < -0.3 is 10.6 Å². The summed E-state index contributed by atoms with van der Waals surface area (Å²) in [4.78, 5) is 13.0. The zero-order chi connectivity index (χ0) is 15.2. The summed E-state index contributed by atoms with van der Waals surface area (Å²) < 4.78 is 13.1. The second-order valence-corrected chi connectivity index (χ2v) is 6.23. The first kappa shape index (κ1) is 15.5. The number of rotatable bonds is 5. The van der Waals surface area contributed by atoms with Crippen LogP contribution in [0.4, 0.5) is 9.18 Å². The summed E-state index contributed by atoms with van der Waals surface area (Å²) in [5.41, 5.74) is 0.860. The van der Waals surface area contributed by atoms with E-state index in [-0.39, 0.29) is 17.9 Å². The lowest BCUT2D eigenvalue weighted by Gasteiger charge is -2.19. The van der Waals surface area contributed by atoms with Crippen molar-refractivity contribution in [3.63, 3.8) is 0 Å². The van der Waals surface area contributed by atoms with E-state index in [1.165, 1.54) is 12.1 Å². The SMILES string of the molecule is CC(C)CNC(=O)N[C@@H](c1ccc(F)cc1)c1cccs1. The van der Waals surface area contributed by atoms with Crippen molar-refractivity contribution in [3.05, 3.63) is 58.0 Å². The molecule has 0 radical (unpaired) electrons. The average molecular weight is 306 g/mol. The van der Waals surface area contributed by atoms with Crippen molar-refractivity contribution < 1.29 is 9.18 Å². The van der Waals surface area contributed by atoms with Gasteiger partial charge in [-0.2, -0.15) is 0 Å². The van der Waals surface area contributed by atoms with Gasteiger partial charge in [-0.1, -0.05) is 32.0 Å². The predicted molar refractivity (Wildman–Crippen MR) is 83.9 cm³/mol. The lowest BCUT2D eigenvalue weighted by atomic mass is 10.1. The Balaban J connectivity index is 2.14. The number of carbonyl (C=O) groups excluding carboxylic acids is 1. The van der Waals surface area contributed by atoms with E-state index in [1.54, 1.807) is 23.5 Å². The van der Waals surface area contributed by atoms with Crippen LogP contribution < -0.4 is 10.6 Å². The molecule has 2 N–H and O–H groups in total. The highest BCUT2D eigenvalue weighted by Gasteiger charge is 2.17. The quantitative estimate of drug-likeness (QED) is 0.863. The van der Waals surface area contributed by atoms with Crippen LogP contribution >= 0.6 is 11.3 Å². The Labute approximate surface area is 128 Å². The molecule has 1 atom stereocenters. The summed E-state index contributed by atoms with van der Waals surface area (Å²) in [6.07, 6.45) is 0. The van der Waals surface area contributed by atoms with E-state index in [9.17, 15) is 9.18 Å². The van der Waals surface area contributed by atoms with Crippen LogP contribution in [-0.2, 0) is 0 Å². The Morgan fingerprint density at radius 1 is 1.24 bits per heavy atom. The van der Waals surface area contributed by atoms with E-state index in [4.69, 9.17) is 0 Å². The molecule has 0 spiro atoms. The maximum atomic E-state index is 13.1. The number of nitrogens with one attached hydrogen (secondary N) is 2. The summed E-state index contributed by atoms with van der Waals surface area (Å²) in [7, 11) is 0. The third kappa shape index (κ3) is 4.56. The molecule has 1 aromatic heterocycles. The number of urea groups is 1. The van der Waals surface area contributed by atoms with Crippen LogP contribution in [0.2, 0.25) is 0 Å². The molecule has 2 rings (SSSR count). The molecule has 2 amide bonds. The van der Waals surface area contributed by atoms with Gasteiger partial charge in [0.1, 0.15) is 5.82 Å². The van der Waals surface area contributed by atoms with Gasteiger partial charge in [0.2, 0.25) is 0 Å². The number of carbonyl (C=O) groups is 1. The molecular formula is C16H19FN2OS. The Hall–Kier alpha value is -1.88. The van der Waals surface area contributed by atoms with Crippen LogP contribution in [0.25, 0.3) is 0 Å². The number of halogens is 1. The van der Waals surface area contributed by atoms with Gasteiger partial charge in [-0.15, -0.1) is 11.3 Å². The zero-order valence-electron chi connectivity index (χ0n) is 12.1. The molecule has 1 aromatic carbocycles. The molecular weight excluding hydrogens is 287 g/mol. The first-order valence-corrected chi connectivity index (χ1v) is 7.77. The second-order valence-electron chi connectivity index (χ2n) is 5.25. The van der Waals surface area contributed by atoms with Crippen LogP contribution in [0.3, 0.4) is 0 Å². The van der Waals surface area contributed by atoms with Crippen LogP contribution in [0, 0.1) is 11.7 Å². The topological polar surface area (TPSA) is 41.1 Å². The molecule has 21 heavy (non-hydrogen) atoms. The molecule has 0 saturated heterocycles. The van der Waals surface area contributed by atoms with Crippen molar-refractivity contribution in [2.24, 2.45) is 5.92 Å². The van der Waals surface area contributed by atoms with Gasteiger partial charge in [-0.25, -0.2) is 9.18 Å². The summed E-state index contributed by atoms with van der Waals surface area (Å²) in [5.74, 6) is 0.106. The fourth-order valence-electron chi connectivity index (χ4n) is 1.91. The molecule has 3 nitrogen and oxygen atoms in total. The van der Waals surface area contributed by atoms with Crippen molar-refractivity contribution >= 4 is 17.4 Å². The lowest BCUT2D eigenvalue weighted by molar-refractivity contribution is 0.237. The van der Waals surface area contributed by atoms with Gasteiger partial charge in [0.15, 0.2) is 0 Å². The molecule has 0 unspecified atom stereocenters. The van der Waals surface area contributed by atoms with Gasteiger partial charge in [0, 0.05) is 11.4 Å². The third-order valence-electron chi connectivity index (χ3n) is 2.98. The van der Waals surface area contributed by atoms with E-state index >= 15 is 0 Å². The molecule has 2 aromatic rings. The summed E-state index contributed by atoms with van der Waals surface area (Å²) in [6, 6.07) is 9.62. The molecule has 112 valence electrons.